The Morgan fingerprint density at radius 1 is 1.00 bits per heavy atom. The van der Waals surface area contributed by atoms with E-state index in [-0.39, 0.29) is 41.4 Å². The summed E-state index contributed by atoms with van der Waals surface area (Å²) in [6.45, 7) is 4.84. The van der Waals surface area contributed by atoms with Crippen molar-refractivity contribution in [3.8, 4) is 23.0 Å². The molecular weight excluding hydrogens is 382 g/mol. The van der Waals surface area contributed by atoms with Crippen LogP contribution in [0.1, 0.15) is 22.8 Å². The zero-order chi connectivity index (χ0) is 21.6. The maximum absolute atomic E-state index is 12.4. The molecule has 2 aromatic carbocycles. The highest BCUT2D eigenvalue weighted by Gasteiger charge is 2.18. The molecule has 0 bridgehead atoms. The quantitative estimate of drug-likeness (QED) is 0.239. The van der Waals surface area contributed by atoms with Crippen molar-refractivity contribution in [1.82, 2.24) is 5.32 Å². The van der Waals surface area contributed by atoms with Crippen LogP contribution in [0.15, 0.2) is 48.6 Å². The molecule has 0 saturated heterocycles. The molecule has 1 amide bonds. The van der Waals surface area contributed by atoms with E-state index in [1.165, 1.54) is 31.2 Å². The normalized spacial score (nSPS) is 10.1. The Hall–Kier alpha value is -4.01. The van der Waals surface area contributed by atoms with Gasteiger partial charge in [-0.2, -0.15) is 0 Å². The van der Waals surface area contributed by atoms with Crippen LogP contribution in [-0.2, 0) is 9.53 Å². The lowest BCUT2D eigenvalue weighted by molar-refractivity contribution is -0.138. The van der Waals surface area contributed by atoms with Crippen LogP contribution >= 0.6 is 0 Å². The Labute approximate surface area is 165 Å². The van der Waals surface area contributed by atoms with E-state index < -0.39 is 29.3 Å². The van der Waals surface area contributed by atoms with Crippen LogP contribution in [0.2, 0.25) is 0 Å². The van der Waals surface area contributed by atoms with Crippen molar-refractivity contribution in [2.24, 2.45) is 0 Å². The molecule has 2 rings (SSSR count). The van der Waals surface area contributed by atoms with Crippen molar-refractivity contribution in [3.63, 3.8) is 0 Å². The predicted molar refractivity (Wildman–Crippen MR) is 101 cm³/mol. The van der Waals surface area contributed by atoms with Gasteiger partial charge in [-0.25, -0.2) is 9.59 Å². The maximum atomic E-state index is 12.4. The van der Waals surface area contributed by atoms with Gasteiger partial charge >= 0.3 is 12.1 Å². The number of phenols is 3. The van der Waals surface area contributed by atoms with Gasteiger partial charge in [0.25, 0.3) is 0 Å². The van der Waals surface area contributed by atoms with E-state index >= 15 is 0 Å². The molecule has 0 heterocycles. The molecule has 0 fully saturated rings. The summed E-state index contributed by atoms with van der Waals surface area (Å²) in [4.78, 5) is 35.4. The van der Waals surface area contributed by atoms with Crippen LogP contribution in [0.3, 0.4) is 0 Å². The first kappa shape index (κ1) is 21.3. The van der Waals surface area contributed by atoms with E-state index in [0.29, 0.717) is 0 Å². The first-order valence-electron chi connectivity index (χ1n) is 8.37. The van der Waals surface area contributed by atoms with Crippen LogP contribution in [0.5, 0.6) is 23.0 Å². The number of hydrogen-bond acceptors (Lipinski definition) is 8. The molecule has 0 saturated carbocycles. The average molecular weight is 401 g/mol. The fourth-order valence-corrected chi connectivity index (χ4v) is 2.19. The molecule has 29 heavy (non-hydrogen) atoms. The molecule has 2 aromatic rings. The number of carbonyl (C=O) groups excluding carboxylic acids is 3. The van der Waals surface area contributed by atoms with Gasteiger partial charge in [0.15, 0.2) is 5.78 Å². The van der Waals surface area contributed by atoms with Gasteiger partial charge in [0.05, 0.1) is 17.7 Å². The smallest absolute Gasteiger partial charge is 0.412 e. The van der Waals surface area contributed by atoms with Gasteiger partial charge in [0, 0.05) is 17.7 Å². The number of carbonyl (C=O) groups is 3. The number of rotatable bonds is 7. The Balaban J connectivity index is 1.96. The molecule has 152 valence electrons. The van der Waals surface area contributed by atoms with E-state index in [2.05, 4.69) is 11.9 Å². The van der Waals surface area contributed by atoms with Crippen molar-refractivity contribution >= 4 is 17.8 Å². The van der Waals surface area contributed by atoms with Crippen molar-refractivity contribution in [2.45, 2.75) is 6.92 Å². The lowest BCUT2D eigenvalue weighted by Gasteiger charge is -2.10. The maximum Gasteiger partial charge on any atom is 0.412 e. The lowest BCUT2D eigenvalue weighted by atomic mass is 10.0. The molecule has 0 atom stereocenters. The number of benzene rings is 2. The number of esters is 1. The minimum atomic E-state index is -0.856. The zero-order valence-corrected chi connectivity index (χ0v) is 15.5. The minimum absolute atomic E-state index is 0.000530. The van der Waals surface area contributed by atoms with E-state index in [0.717, 1.165) is 12.1 Å². The number of ketones is 1. The number of ether oxygens (including phenoxy) is 2. The van der Waals surface area contributed by atoms with E-state index in [1.807, 2.05) is 0 Å². The van der Waals surface area contributed by atoms with Crippen molar-refractivity contribution in [3.05, 3.63) is 59.7 Å². The molecule has 0 aliphatic carbocycles. The summed E-state index contributed by atoms with van der Waals surface area (Å²) in [6, 6.07) is 7.00. The summed E-state index contributed by atoms with van der Waals surface area (Å²) in [5, 5.41) is 31.5. The predicted octanol–water partition coefficient (Wildman–Crippen LogP) is 2.24. The lowest BCUT2D eigenvalue weighted by Crippen LogP contribution is -2.30. The second-order valence-electron chi connectivity index (χ2n) is 5.94. The average Bonchev–Trinajstić information content (AvgIpc) is 2.64. The van der Waals surface area contributed by atoms with E-state index in [1.54, 1.807) is 0 Å². The summed E-state index contributed by atoms with van der Waals surface area (Å²) in [6.07, 6.45) is -0.856. The van der Waals surface area contributed by atoms with Crippen molar-refractivity contribution in [2.75, 3.05) is 13.2 Å². The summed E-state index contributed by atoms with van der Waals surface area (Å²) in [7, 11) is 0. The summed E-state index contributed by atoms with van der Waals surface area (Å²) in [5.74, 6) is -2.43. The number of amides is 1. The first-order chi connectivity index (χ1) is 13.7. The van der Waals surface area contributed by atoms with Gasteiger partial charge in [0.1, 0.15) is 29.6 Å². The fourth-order valence-electron chi connectivity index (χ4n) is 2.19. The number of nitrogens with one attached hydrogen (secondary N) is 1. The SMILES string of the molecule is C=C(C)C(=O)OCCNC(=O)Oc1ccc(C(=O)c2ccc(O)cc2O)c(O)c1. The van der Waals surface area contributed by atoms with Crippen molar-refractivity contribution in [1.29, 1.82) is 0 Å². The second-order valence-corrected chi connectivity index (χ2v) is 5.94. The Kier molecular flexibility index (Phi) is 6.80. The van der Waals surface area contributed by atoms with Gasteiger partial charge in [-0.05, 0) is 31.2 Å². The number of aromatic hydroxyl groups is 3. The molecule has 0 aromatic heterocycles. The van der Waals surface area contributed by atoms with E-state index in [9.17, 15) is 29.7 Å². The van der Waals surface area contributed by atoms with E-state index in [4.69, 9.17) is 9.47 Å². The second kappa shape index (κ2) is 9.27. The highest BCUT2D eigenvalue weighted by atomic mass is 16.6. The molecular formula is C20H19NO8. The number of hydrogen-bond donors (Lipinski definition) is 4. The number of phenolic OH excluding ortho intramolecular Hbond substituents is 3. The van der Waals surface area contributed by atoms with Crippen LogP contribution in [0.4, 0.5) is 4.79 Å². The third-order valence-corrected chi connectivity index (χ3v) is 3.60. The summed E-state index contributed by atoms with van der Waals surface area (Å²) >= 11 is 0. The largest absolute Gasteiger partial charge is 0.508 e. The minimum Gasteiger partial charge on any atom is -0.508 e. The van der Waals surface area contributed by atoms with Crippen LogP contribution in [-0.4, -0.2) is 46.3 Å². The monoisotopic (exact) mass is 401 g/mol. The molecule has 9 heteroatoms. The molecule has 0 aliphatic rings. The highest BCUT2D eigenvalue weighted by Crippen LogP contribution is 2.30. The highest BCUT2D eigenvalue weighted by molar-refractivity contribution is 6.12. The third-order valence-electron chi connectivity index (χ3n) is 3.60. The standard InChI is InChI=1S/C20H19NO8/c1-11(2)19(26)28-8-7-21-20(27)29-13-4-6-15(17(24)10-13)18(25)14-5-3-12(22)9-16(14)23/h3-6,9-10,22-24H,1,7-8H2,2H3,(H,21,27). The molecule has 9 nitrogen and oxygen atoms in total. The zero-order valence-electron chi connectivity index (χ0n) is 15.5. The molecule has 0 aliphatic heterocycles. The van der Waals surface area contributed by atoms with Gasteiger partial charge < -0.3 is 30.1 Å². The molecule has 0 spiro atoms. The third kappa shape index (κ3) is 5.73. The molecule has 0 unspecified atom stereocenters. The van der Waals surface area contributed by atoms with Crippen molar-refractivity contribution < 1.29 is 39.2 Å². The molecule has 0 radical (unpaired) electrons. The van der Waals surface area contributed by atoms with Gasteiger partial charge in [0.2, 0.25) is 0 Å². The van der Waals surface area contributed by atoms with Crippen LogP contribution in [0.25, 0.3) is 0 Å². The molecule has 4 N–H and O–H groups in total. The summed E-state index contributed by atoms with van der Waals surface area (Å²) in [5.41, 5.74) is -0.0161. The first-order valence-corrected chi connectivity index (χ1v) is 8.37. The topological polar surface area (TPSA) is 142 Å². The Morgan fingerprint density at radius 2 is 1.62 bits per heavy atom. The van der Waals surface area contributed by atoms with Gasteiger partial charge in [-0.15, -0.1) is 0 Å². The van der Waals surface area contributed by atoms with Crippen LogP contribution in [0, 0.1) is 0 Å². The van der Waals surface area contributed by atoms with Gasteiger partial charge in [-0.1, -0.05) is 6.58 Å². The Morgan fingerprint density at radius 3 is 2.21 bits per heavy atom. The van der Waals surface area contributed by atoms with Gasteiger partial charge in [-0.3, -0.25) is 4.79 Å². The van der Waals surface area contributed by atoms with Crippen LogP contribution < -0.4 is 10.1 Å². The fraction of sp³-hybridized carbons (Fsp3) is 0.150. The summed E-state index contributed by atoms with van der Waals surface area (Å²) < 4.78 is 9.77. The Bertz CT molecular complexity index is 967.